The van der Waals surface area contributed by atoms with Crippen LogP contribution in [0.25, 0.3) is 0 Å². The molecule has 16 heteroatoms. The first-order valence-electron chi connectivity index (χ1n) is 10.9. The molecular formula is C21H23F7N6O3. The van der Waals surface area contributed by atoms with Crippen molar-refractivity contribution in [3.63, 3.8) is 0 Å². The molecule has 1 amide bonds. The average molecular weight is 540 g/mol. The van der Waals surface area contributed by atoms with Crippen LogP contribution in [0.3, 0.4) is 0 Å². The number of likely N-dealkylation sites (tertiary alicyclic amines) is 1. The van der Waals surface area contributed by atoms with Crippen molar-refractivity contribution in [3.05, 3.63) is 35.3 Å². The Kier molecular flexibility index (Phi) is 7.69. The van der Waals surface area contributed by atoms with Crippen LogP contribution in [0.15, 0.2) is 18.3 Å². The highest BCUT2D eigenvalue weighted by Crippen LogP contribution is 2.50. The number of rotatable bonds is 3. The lowest BCUT2D eigenvalue weighted by molar-refractivity contribution is -0.192. The molecule has 0 aliphatic carbocycles. The van der Waals surface area contributed by atoms with Gasteiger partial charge in [-0.15, -0.1) is 5.10 Å². The number of hydrogen-bond donors (Lipinski definition) is 1. The average Bonchev–Trinajstić information content (AvgIpc) is 3.41. The van der Waals surface area contributed by atoms with Gasteiger partial charge in [-0.3, -0.25) is 9.48 Å². The maximum absolute atomic E-state index is 15.0. The third-order valence-electron chi connectivity index (χ3n) is 6.25. The van der Waals surface area contributed by atoms with Crippen molar-refractivity contribution in [3.8, 4) is 0 Å². The summed E-state index contributed by atoms with van der Waals surface area (Å²) in [5.74, 6) is -5.93. The Labute approximate surface area is 205 Å². The van der Waals surface area contributed by atoms with Gasteiger partial charge in [0.25, 0.3) is 18.3 Å². The van der Waals surface area contributed by atoms with E-state index in [9.17, 15) is 26.7 Å². The number of hydrogen-bond acceptors (Lipinski definition) is 6. The van der Waals surface area contributed by atoms with Crippen LogP contribution in [0.2, 0.25) is 0 Å². The third-order valence-corrected chi connectivity index (χ3v) is 6.25. The van der Waals surface area contributed by atoms with Crippen molar-refractivity contribution >= 4 is 17.7 Å². The van der Waals surface area contributed by atoms with Gasteiger partial charge in [0.2, 0.25) is 0 Å². The number of carboxylic acid groups (broad SMARTS) is 1. The molecule has 2 saturated heterocycles. The van der Waals surface area contributed by atoms with E-state index in [0.717, 1.165) is 10.4 Å². The topological polar surface area (TPSA) is 104 Å². The molecule has 1 unspecified atom stereocenters. The summed E-state index contributed by atoms with van der Waals surface area (Å²) in [6, 6.07) is 3.49. The van der Waals surface area contributed by atoms with Crippen molar-refractivity contribution in [2.75, 3.05) is 31.1 Å². The molecule has 0 saturated carbocycles. The SMILES string of the molecule is Cc1ccc(N2CCC3(CN(C(=O)c4cn(C)nc4C(F)F)CCC3(F)F)C2)nn1.O=C(O)C(F)(F)F. The number of aromatic nitrogens is 4. The fraction of sp³-hybridized carbons (Fsp3) is 0.571. The first-order valence-corrected chi connectivity index (χ1v) is 10.9. The van der Waals surface area contributed by atoms with Crippen LogP contribution in [0.5, 0.6) is 0 Å². The Morgan fingerprint density at radius 1 is 1.08 bits per heavy atom. The summed E-state index contributed by atoms with van der Waals surface area (Å²) in [6.07, 6.45) is -7.15. The zero-order valence-corrected chi connectivity index (χ0v) is 19.6. The first-order chi connectivity index (χ1) is 17.1. The molecular weight excluding hydrogens is 517 g/mol. The number of nitrogens with zero attached hydrogens (tertiary/aromatic N) is 6. The van der Waals surface area contributed by atoms with E-state index < -0.39 is 47.9 Å². The summed E-state index contributed by atoms with van der Waals surface area (Å²) < 4.78 is 89.5. The molecule has 2 aromatic heterocycles. The molecule has 37 heavy (non-hydrogen) atoms. The van der Waals surface area contributed by atoms with Crippen molar-refractivity contribution in [2.45, 2.75) is 38.3 Å². The Bertz CT molecular complexity index is 1140. The van der Waals surface area contributed by atoms with E-state index in [4.69, 9.17) is 9.90 Å². The molecule has 204 valence electrons. The van der Waals surface area contributed by atoms with E-state index in [2.05, 4.69) is 15.3 Å². The zero-order chi connectivity index (χ0) is 27.8. The standard InChI is InChI=1S/C19H22F4N6O.C2HF3O2/c1-12-3-4-14(25-24-12)28-7-5-18(10-28)11-29(8-6-19(18,22)23)17(30)13-9-27(2)26-15(13)16(20)21;3-2(4,5)1(6)7/h3-4,9,16H,5-8,10-11H2,1-2H3;(H,6,7). The zero-order valence-electron chi connectivity index (χ0n) is 19.6. The van der Waals surface area contributed by atoms with E-state index in [1.165, 1.54) is 18.1 Å². The predicted molar refractivity (Wildman–Crippen MR) is 113 cm³/mol. The van der Waals surface area contributed by atoms with E-state index in [-0.39, 0.29) is 31.6 Å². The minimum Gasteiger partial charge on any atom is -0.475 e. The van der Waals surface area contributed by atoms with Crippen LogP contribution >= 0.6 is 0 Å². The van der Waals surface area contributed by atoms with Crippen molar-refractivity contribution in [2.24, 2.45) is 12.5 Å². The number of anilines is 1. The Morgan fingerprint density at radius 3 is 2.27 bits per heavy atom. The normalized spacial score (nSPS) is 21.2. The van der Waals surface area contributed by atoms with Gasteiger partial charge in [0.1, 0.15) is 5.69 Å². The van der Waals surface area contributed by atoms with Crippen LogP contribution in [-0.2, 0) is 11.8 Å². The molecule has 2 aliphatic heterocycles. The molecule has 1 N–H and O–H groups in total. The van der Waals surface area contributed by atoms with Crippen LogP contribution in [-0.4, -0.2) is 80.1 Å². The minimum atomic E-state index is -5.08. The van der Waals surface area contributed by atoms with Gasteiger partial charge in [-0.25, -0.2) is 22.4 Å². The number of aryl methyl sites for hydroxylation is 2. The summed E-state index contributed by atoms with van der Waals surface area (Å²) in [5, 5.41) is 18.8. The summed E-state index contributed by atoms with van der Waals surface area (Å²) in [5.41, 5.74) is -1.62. The predicted octanol–water partition coefficient (Wildman–Crippen LogP) is 3.47. The number of amides is 1. The first kappa shape index (κ1) is 28.1. The van der Waals surface area contributed by atoms with Crippen LogP contribution in [0.4, 0.5) is 36.6 Å². The van der Waals surface area contributed by atoms with Gasteiger partial charge in [0.15, 0.2) is 5.82 Å². The molecule has 0 radical (unpaired) electrons. The summed E-state index contributed by atoms with van der Waals surface area (Å²) >= 11 is 0. The number of carboxylic acids is 1. The van der Waals surface area contributed by atoms with E-state index in [1.807, 2.05) is 0 Å². The highest BCUT2D eigenvalue weighted by atomic mass is 19.4. The lowest BCUT2D eigenvalue weighted by atomic mass is 9.75. The fourth-order valence-corrected chi connectivity index (χ4v) is 4.33. The van der Waals surface area contributed by atoms with E-state index >= 15 is 8.78 Å². The summed E-state index contributed by atoms with van der Waals surface area (Å²) in [4.78, 5) is 24.8. The Morgan fingerprint density at radius 2 is 1.73 bits per heavy atom. The lowest BCUT2D eigenvalue weighted by Crippen LogP contribution is -2.58. The highest BCUT2D eigenvalue weighted by molar-refractivity contribution is 5.95. The molecule has 4 heterocycles. The van der Waals surface area contributed by atoms with Crippen molar-refractivity contribution < 1.29 is 45.4 Å². The molecule has 2 fully saturated rings. The van der Waals surface area contributed by atoms with Gasteiger partial charge in [-0.1, -0.05) is 0 Å². The molecule has 9 nitrogen and oxygen atoms in total. The number of carbonyl (C=O) groups excluding carboxylic acids is 1. The maximum atomic E-state index is 15.0. The molecule has 1 spiro atoms. The molecule has 2 aliphatic rings. The van der Waals surface area contributed by atoms with Gasteiger partial charge in [-0.2, -0.15) is 23.4 Å². The van der Waals surface area contributed by atoms with Crippen LogP contribution in [0.1, 0.15) is 41.0 Å². The number of halogens is 7. The van der Waals surface area contributed by atoms with Crippen LogP contribution in [0, 0.1) is 12.3 Å². The molecule has 0 aromatic carbocycles. The maximum Gasteiger partial charge on any atom is 0.490 e. The molecule has 1 atom stereocenters. The van der Waals surface area contributed by atoms with Gasteiger partial charge in [0, 0.05) is 45.8 Å². The smallest absolute Gasteiger partial charge is 0.475 e. The third kappa shape index (κ3) is 5.93. The number of alkyl halides is 7. The fourth-order valence-electron chi connectivity index (χ4n) is 4.33. The van der Waals surface area contributed by atoms with E-state index in [1.54, 1.807) is 24.0 Å². The van der Waals surface area contributed by atoms with E-state index in [0.29, 0.717) is 12.4 Å². The van der Waals surface area contributed by atoms with Crippen molar-refractivity contribution in [1.29, 1.82) is 0 Å². The minimum absolute atomic E-state index is 0.0102. The number of carbonyl (C=O) groups is 2. The second kappa shape index (κ2) is 10.1. The molecule has 2 aromatic rings. The highest BCUT2D eigenvalue weighted by Gasteiger charge is 2.60. The monoisotopic (exact) mass is 540 g/mol. The lowest BCUT2D eigenvalue weighted by Gasteiger charge is -2.45. The van der Waals surface area contributed by atoms with Crippen LogP contribution < -0.4 is 4.90 Å². The number of aliphatic carboxylic acids is 1. The van der Waals surface area contributed by atoms with Crippen molar-refractivity contribution in [1.82, 2.24) is 24.9 Å². The van der Waals surface area contributed by atoms with Gasteiger partial charge >= 0.3 is 12.1 Å². The second-order valence-corrected chi connectivity index (χ2v) is 8.87. The Hall–Kier alpha value is -3.46. The quantitative estimate of drug-likeness (QED) is 0.595. The second-order valence-electron chi connectivity index (χ2n) is 8.87. The largest absolute Gasteiger partial charge is 0.490 e. The van der Waals surface area contributed by atoms with Gasteiger partial charge < -0.3 is 14.9 Å². The Balaban J connectivity index is 0.000000479. The van der Waals surface area contributed by atoms with Gasteiger partial charge in [0.05, 0.1) is 16.7 Å². The summed E-state index contributed by atoms with van der Waals surface area (Å²) in [6.45, 7) is 1.73. The molecule has 0 bridgehead atoms. The summed E-state index contributed by atoms with van der Waals surface area (Å²) in [7, 11) is 1.44. The number of piperidine rings is 1. The molecule has 4 rings (SSSR count). The van der Waals surface area contributed by atoms with Gasteiger partial charge in [-0.05, 0) is 25.5 Å².